The highest BCUT2D eigenvalue weighted by atomic mass is 15.0. The lowest BCUT2D eigenvalue weighted by atomic mass is 9.88. The summed E-state index contributed by atoms with van der Waals surface area (Å²) < 4.78 is 0. The molecule has 0 aliphatic rings. The van der Waals surface area contributed by atoms with Gasteiger partial charge in [0.15, 0.2) is 34.9 Å². The first-order chi connectivity index (χ1) is 30.5. The van der Waals surface area contributed by atoms with Crippen molar-refractivity contribution in [3.05, 3.63) is 217 Å². The van der Waals surface area contributed by atoms with Crippen LogP contribution in [0.2, 0.25) is 0 Å². The second-order valence-corrected chi connectivity index (χ2v) is 15.3. The molecule has 10 rings (SSSR count). The van der Waals surface area contributed by atoms with E-state index in [4.69, 9.17) is 29.9 Å². The van der Waals surface area contributed by atoms with Gasteiger partial charge in [0.2, 0.25) is 0 Å². The molecule has 0 spiro atoms. The number of hydrogen-bond acceptors (Lipinski definition) is 6. The van der Waals surface area contributed by atoms with Gasteiger partial charge in [-0.25, -0.2) is 29.9 Å². The van der Waals surface area contributed by atoms with Gasteiger partial charge in [-0.3, -0.25) is 0 Å². The van der Waals surface area contributed by atoms with Crippen molar-refractivity contribution in [2.24, 2.45) is 0 Å². The van der Waals surface area contributed by atoms with E-state index in [-0.39, 0.29) is 0 Å². The lowest BCUT2D eigenvalue weighted by Crippen LogP contribution is -2.02. The normalized spacial score (nSPS) is 11.1. The Morgan fingerprint density at radius 3 is 0.968 bits per heavy atom. The quantitative estimate of drug-likeness (QED) is 0.145. The van der Waals surface area contributed by atoms with Crippen LogP contribution in [0.15, 0.2) is 206 Å². The van der Waals surface area contributed by atoms with Crippen LogP contribution in [0.4, 0.5) is 0 Å². The van der Waals surface area contributed by atoms with Crippen molar-refractivity contribution < 1.29 is 0 Å². The Labute approximate surface area is 361 Å². The van der Waals surface area contributed by atoms with Crippen LogP contribution < -0.4 is 0 Å². The van der Waals surface area contributed by atoms with E-state index in [1.807, 2.05) is 72.8 Å². The van der Waals surface area contributed by atoms with E-state index < -0.39 is 0 Å². The molecule has 0 aliphatic carbocycles. The molecule has 0 N–H and O–H groups in total. The first kappa shape index (κ1) is 38.0. The van der Waals surface area contributed by atoms with E-state index in [2.05, 4.69) is 147 Å². The molecule has 0 atom stereocenters. The molecule has 0 fully saturated rings. The molecule has 6 heteroatoms. The zero-order chi connectivity index (χ0) is 41.8. The molecular weight excluding hydrogens is 757 g/mol. The Morgan fingerprint density at radius 2 is 0.516 bits per heavy atom. The molecule has 2 aromatic heterocycles. The van der Waals surface area contributed by atoms with Crippen LogP contribution >= 0.6 is 0 Å². The van der Waals surface area contributed by atoms with Gasteiger partial charge in [-0.1, -0.05) is 211 Å². The van der Waals surface area contributed by atoms with Crippen LogP contribution in [0.1, 0.15) is 11.1 Å². The first-order valence-corrected chi connectivity index (χ1v) is 20.7. The monoisotopic (exact) mass is 796 g/mol. The molecule has 0 saturated carbocycles. The van der Waals surface area contributed by atoms with E-state index >= 15 is 0 Å². The highest BCUT2D eigenvalue weighted by Crippen LogP contribution is 2.42. The summed E-state index contributed by atoms with van der Waals surface area (Å²) in [5.74, 6) is 3.70. The van der Waals surface area contributed by atoms with Gasteiger partial charge in [0.05, 0.1) is 0 Å². The van der Waals surface area contributed by atoms with Crippen LogP contribution in [-0.4, -0.2) is 29.9 Å². The maximum atomic E-state index is 5.15. The third-order valence-electron chi connectivity index (χ3n) is 11.0. The minimum absolute atomic E-state index is 0.604. The van der Waals surface area contributed by atoms with Crippen LogP contribution in [0, 0.1) is 13.8 Å². The highest BCUT2D eigenvalue weighted by Gasteiger charge is 2.20. The van der Waals surface area contributed by atoms with E-state index in [0.717, 1.165) is 66.8 Å². The van der Waals surface area contributed by atoms with Gasteiger partial charge in [-0.2, -0.15) is 0 Å². The molecular formula is C56H40N6. The van der Waals surface area contributed by atoms with Crippen LogP contribution in [0.3, 0.4) is 0 Å². The van der Waals surface area contributed by atoms with E-state index in [9.17, 15) is 0 Å². The summed E-state index contributed by atoms with van der Waals surface area (Å²) in [5, 5.41) is 0. The summed E-state index contributed by atoms with van der Waals surface area (Å²) in [6, 6.07) is 70.8. The summed E-state index contributed by atoms with van der Waals surface area (Å²) >= 11 is 0. The number of benzene rings is 8. The molecule has 0 aliphatic heterocycles. The Bertz CT molecular complexity index is 3170. The molecule has 0 unspecified atom stereocenters. The van der Waals surface area contributed by atoms with Crippen molar-refractivity contribution in [3.8, 4) is 102 Å². The molecule has 2 heterocycles. The Morgan fingerprint density at radius 1 is 0.210 bits per heavy atom. The lowest BCUT2D eigenvalue weighted by Gasteiger charge is -2.17. The minimum Gasteiger partial charge on any atom is -0.208 e. The van der Waals surface area contributed by atoms with E-state index in [0.29, 0.717) is 34.9 Å². The van der Waals surface area contributed by atoms with Gasteiger partial charge < -0.3 is 0 Å². The van der Waals surface area contributed by atoms with Crippen molar-refractivity contribution in [2.45, 2.75) is 13.8 Å². The SMILES string of the molecule is Cc1ccc(-c2nc(-c3ccccc3)nc(-c3ccccc3-c3ccc(-c4ccccc4-c4nc(-c5ccccc5)nc(-c5ccc(C)cc5)n4)c(-c4ccccc4)c3)n2)cc1. The van der Waals surface area contributed by atoms with Gasteiger partial charge in [0.1, 0.15) is 0 Å². The number of aryl methyl sites for hydroxylation is 2. The minimum atomic E-state index is 0.604. The number of hydrogen-bond donors (Lipinski definition) is 0. The standard InChI is InChI=1S/C56H40N6/c1-37-26-30-42(31-27-37)53-57-51(40-18-8-4-9-19-40)59-55(61-53)48-24-14-12-22-45(48)44-34-35-47(50(36-44)39-16-6-3-7-17-39)46-23-13-15-25-49(46)56-60-52(41-20-10-5-11-21-41)58-54(62-56)43-32-28-38(2)29-33-43/h3-36H,1-2H3. The fourth-order valence-corrected chi connectivity index (χ4v) is 7.73. The summed E-state index contributed by atoms with van der Waals surface area (Å²) in [5.41, 5.74) is 14.2. The number of aromatic nitrogens is 6. The fraction of sp³-hybridized carbons (Fsp3) is 0.0357. The molecule has 0 saturated heterocycles. The predicted octanol–water partition coefficient (Wildman–Crippen LogP) is 13.7. The van der Waals surface area contributed by atoms with Crippen LogP contribution in [0.25, 0.3) is 102 Å². The summed E-state index contributed by atoms with van der Waals surface area (Å²) in [4.78, 5) is 30.5. The molecule has 0 bridgehead atoms. The van der Waals surface area contributed by atoms with Gasteiger partial charge in [-0.05, 0) is 53.3 Å². The second kappa shape index (κ2) is 16.8. The van der Waals surface area contributed by atoms with Crippen LogP contribution in [-0.2, 0) is 0 Å². The van der Waals surface area contributed by atoms with E-state index in [1.165, 1.54) is 11.1 Å². The molecule has 0 radical (unpaired) electrons. The summed E-state index contributed by atoms with van der Waals surface area (Å²) in [7, 11) is 0. The summed E-state index contributed by atoms with van der Waals surface area (Å²) in [6.07, 6.45) is 0. The summed E-state index contributed by atoms with van der Waals surface area (Å²) in [6.45, 7) is 4.17. The zero-order valence-electron chi connectivity index (χ0n) is 34.3. The van der Waals surface area contributed by atoms with E-state index in [1.54, 1.807) is 0 Å². The van der Waals surface area contributed by atoms with Gasteiger partial charge >= 0.3 is 0 Å². The number of nitrogens with zero attached hydrogens (tertiary/aromatic N) is 6. The topological polar surface area (TPSA) is 77.3 Å². The molecule has 10 aromatic rings. The molecule has 6 nitrogen and oxygen atoms in total. The average molecular weight is 797 g/mol. The Kier molecular flexibility index (Phi) is 10.3. The lowest BCUT2D eigenvalue weighted by molar-refractivity contribution is 1.07. The van der Waals surface area contributed by atoms with Gasteiger partial charge in [0.25, 0.3) is 0 Å². The number of rotatable bonds is 9. The Balaban J connectivity index is 1.14. The average Bonchev–Trinajstić information content (AvgIpc) is 3.35. The highest BCUT2D eigenvalue weighted by molar-refractivity contribution is 5.94. The molecule has 294 valence electrons. The van der Waals surface area contributed by atoms with Gasteiger partial charge in [0, 0.05) is 33.4 Å². The van der Waals surface area contributed by atoms with Gasteiger partial charge in [-0.15, -0.1) is 0 Å². The third kappa shape index (κ3) is 7.81. The smallest absolute Gasteiger partial charge is 0.164 e. The third-order valence-corrected chi connectivity index (χ3v) is 11.0. The van der Waals surface area contributed by atoms with Crippen molar-refractivity contribution in [2.75, 3.05) is 0 Å². The van der Waals surface area contributed by atoms with Crippen molar-refractivity contribution >= 4 is 0 Å². The first-order valence-electron chi connectivity index (χ1n) is 20.7. The van der Waals surface area contributed by atoms with Crippen molar-refractivity contribution in [1.82, 2.24) is 29.9 Å². The second-order valence-electron chi connectivity index (χ2n) is 15.3. The zero-order valence-corrected chi connectivity index (χ0v) is 34.3. The van der Waals surface area contributed by atoms with Crippen molar-refractivity contribution in [3.63, 3.8) is 0 Å². The molecule has 0 amide bonds. The molecule has 8 aromatic carbocycles. The predicted molar refractivity (Wildman–Crippen MR) is 252 cm³/mol. The maximum absolute atomic E-state index is 5.15. The maximum Gasteiger partial charge on any atom is 0.164 e. The largest absolute Gasteiger partial charge is 0.208 e. The fourth-order valence-electron chi connectivity index (χ4n) is 7.73. The molecule has 62 heavy (non-hydrogen) atoms. The van der Waals surface area contributed by atoms with Crippen molar-refractivity contribution in [1.29, 1.82) is 0 Å². The van der Waals surface area contributed by atoms with Crippen LogP contribution in [0.5, 0.6) is 0 Å². The Hall–Kier alpha value is -8.22.